The van der Waals surface area contributed by atoms with E-state index >= 15 is 0 Å². The molecule has 1 N–H and O–H groups in total. The van der Waals surface area contributed by atoms with Gasteiger partial charge >= 0.3 is 0 Å². The molecule has 25 heavy (non-hydrogen) atoms. The summed E-state index contributed by atoms with van der Waals surface area (Å²) in [5.41, 5.74) is -0.844. The summed E-state index contributed by atoms with van der Waals surface area (Å²) in [6, 6.07) is 0. The molecule has 1 saturated heterocycles. The van der Waals surface area contributed by atoms with E-state index in [4.69, 9.17) is 4.74 Å². The molecule has 2 fully saturated rings. The maximum Gasteiger partial charge on any atom is 0.248 e. The Hall–Kier alpha value is -1.89. The maximum atomic E-state index is 13.1. The molecule has 0 bridgehead atoms. The third-order valence-electron chi connectivity index (χ3n) is 5.00. The number of nitrogens with zero attached hydrogens (tertiary/aromatic N) is 2. The second-order valence-corrected chi connectivity index (χ2v) is 6.65. The molecule has 0 radical (unpaired) electrons. The van der Waals surface area contributed by atoms with Crippen LogP contribution in [0, 0.1) is 0 Å². The van der Waals surface area contributed by atoms with Gasteiger partial charge in [0.1, 0.15) is 5.54 Å². The van der Waals surface area contributed by atoms with Gasteiger partial charge in [0.2, 0.25) is 17.7 Å². The highest BCUT2D eigenvalue weighted by molar-refractivity contribution is 5.94. The van der Waals surface area contributed by atoms with Crippen molar-refractivity contribution in [3.8, 4) is 0 Å². The smallest absolute Gasteiger partial charge is 0.248 e. The number of likely N-dealkylation sites (N-methyl/N-ethyl adjacent to an activating group) is 1. The average molecular weight is 351 g/mol. The van der Waals surface area contributed by atoms with Gasteiger partial charge in [-0.15, -0.1) is 0 Å². The first-order valence-electron chi connectivity index (χ1n) is 9.12. The van der Waals surface area contributed by atoms with Crippen molar-refractivity contribution >= 4 is 17.7 Å². The fourth-order valence-electron chi connectivity index (χ4n) is 3.57. The number of hydrogen-bond donors (Lipinski definition) is 1. The Balaban J connectivity index is 2.08. The number of nitrogens with one attached hydrogen (secondary N) is 1. The molecule has 2 rings (SSSR count). The normalized spacial score (nSPS) is 19.8. The van der Waals surface area contributed by atoms with Crippen LogP contribution < -0.4 is 5.32 Å². The van der Waals surface area contributed by atoms with Gasteiger partial charge in [-0.3, -0.25) is 14.4 Å². The van der Waals surface area contributed by atoms with Crippen molar-refractivity contribution < 1.29 is 19.1 Å². The zero-order valence-corrected chi connectivity index (χ0v) is 15.1. The summed E-state index contributed by atoms with van der Waals surface area (Å²) in [6.07, 6.45) is 5.40. The fourth-order valence-corrected chi connectivity index (χ4v) is 3.57. The molecule has 0 unspecified atom stereocenters. The van der Waals surface area contributed by atoms with Gasteiger partial charge in [-0.1, -0.05) is 25.8 Å². The second kappa shape index (κ2) is 8.99. The van der Waals surface area contributed by atoms with Crippen molar-refractivity contribution in [3.05, 3.63) is 12.7 Å². The van der Waals surface area contributed by atoms with Crippen molar-refractivity contribution in [3.63, 3.8) is 0 Å². The third kappa shape index (κ3) is 4.81. The Kier molecular flexibility index (Phi) is 6.99. The van der Waals surface area contributed by atoms with Gasteiger partial charge in [-0.2, -0.15) is 0 Å². The van der Waals surface area contributed by atoms with Crippen LogP contribution in [0.25, 0.3) is 0 Å². The summed E-state index contributed by atoms with van der Waals surface area (Å²) in [7, 11) is 0. The van der Waals surface area contributed by atoms with Crippen LogP contribution in [-0.2, 0) is 19.1 Å². The minimum atomic E-state index is -0.844. The van der Waals surface area contributed by atoms with Crippen LogP contribution in [0.1, 0.15) is 39.0 Å². The van der Waals surface area contributed by atoms with Gasteiger partial charge < -0.3 is 19.9 Å². The highest BCUT2D eigenvalue weighted by Gasteiger charge is 2.43. The quantitative estimate of drug-likeness (QED) is 0.715. The summed E-state index contributed by atoms with van der Waals surface area (Å²) in [4.78, 5) is 40.7. The molecule has 0 spiro atoms. The average Bonchev–Trinajstić information content (AvgIpc) is 2.66. The molecular weight excluding hydrogens is 322 g/mol. The molecule has 7 nitrogen and oxygen atoms in total. The predicted octanol–water partition coefficient (Wildman–Crippen LogP) is 0.699. The molecule has 0 aromatic carbocycles. The number of morpholine rings is 1. The van der Waals surface area contributed by atoms with Gasteiger partial charge in [-0.05, 0) is 25.8 Å². The summed E-state index contributed by atoms with van der Waals surface area (Å²) in [5.74, 6) is -0.586. The van der Waals surface area contributed by atoms with Crippen LogP contribution in [-0.4, -0.2) is 72.5 Å². The van der Waals surface area contributed by atoms with E-state index in [2.05, 4.69) is 11.9 Å². The largest absolute Gasteiger partial charge is 0.378 e. The van der Waals surface area contributed by atoms with Crippen LogP contribution in [0.3, 0.4) is 0 Å². The molecule has 7 heteroatoms. The summed E-state index contributed by atoms with van der Waals surface area (Å²) >= 11 is 0. The molecule has 0 aromatic heterocycles. The lowest BCUT2D eigenvalue weighted by Gasteiger charge is -2.41. The number of amides is 3. The molecule has 1 aliphatic carbocycles. The Morgan fingerprint density at radius 3 is 2.40 bits per heavy atom. The lowest BCUT2D eigenvalue weighted by atomic mass is 9.80. The van der Waals surface area contributed by atoms with Crippen molar-refractivity contribution in [2.75, 3.05) is 39.4 Å². The SMILES string of the molecule is C=CC(=O)N(CC)CC(=O)NC1(C(=O)N2CCOCC2)CCCCC1. The van der Waals surface area contributed by atoms with E-state index in [1.54, 1.807) is 4.90 Å². The van der Waals surface area contributed by atoms with Crippen LogP contribution in [0.2, 0.25) is 0 Å². The van der Waals surface area contributed by atoms with E-state index in [0.29, 0.717) is 45.7 Å². The van der Waals surface area contributed by atoms with E-state index in [-0.39, 0.29) is 24.3 Å². The summed E-state index contributed by atoms with van der Waals surface area (Å²) in [6.45, 7) is 7.83. The maximum absolute atomic E-state index is 13.1. The topological polar surface area (TPSA) is 79.0 Å². The lowest BCUT2D eigenvalue weighted by Crippen LogP contribution is -2.63. The zero-order valence-electron chi connectivity index (χ0n) is 15.1. The molecule has 0 atom stereocenters. The third-order valence-corrected chi connectivity index (χ3v) is 5.00. The van der Waals surface area contributed by atoms with E-state index < -0.39 is 5.54 Å². The number of carbonyl (C=O) groups excluding carboxylic acids is 3. The van der Waals surface area contributed by atoms with Crippen molar-refractivity contribution in [1.82, 2.24) is 15.1 Å². The molecule has 3 amide bonds. The van der Waals surface area contributed by atoms with Crippen LogP contribution in [0.15, 0.2) is 12.7 Å². The first-order chi connectivity index (χ1) is 12.0. The number of carbonyl (C=O) groups is 3. The molecule has 2 aliphatic rings. The van der Waals surface area contributed by atoms with E-state index in [1.165, 1.54) is 11.0 Å². The number of ether oxygens (including phenoxy) is 1. The van der Waals surface area contributed by atoms with Gasteiger partial charge in [0.05, 0.1) is 19.8 Å². The van der Waals surface area contributed by atoms with Crippen molar-refractivity contribution in [2.45, 2.75) is 44.6 Å². The van der Waals surface area contributed by atoms with Crippen LogP contribution >= 0.6 is 0 Å². The molecule has 1 heterocycles. The van der Waals surface area contributed by atoms with Crippen molar-refractivity contribution in [2.24, 2.45) is 0 Å². The number of rotatable bonds is 6. The predicted molar refractivity (Wildman–Crippen MR) is 93.8 cm³/mol. The van der Waals surface area contributed by atoms with Gasteiger partial charge in [0, 0.05) is 19.6 Å². The minimum absolute atomic E-state index is 0.0121. The van der Waals surface area contributed by atoms with Crippen molar-refractivity contribution in [1.29, 1.82) is 0 Å². The number of hydrogen-bond acceptors (Lipinski definition) is 4. The Morgan fingerprint density at radius 2 is 1.84 bits per heavy atom. The summed E-state index contributed by atoms with van der Waals surface area (Å²) in [5, 5.41) is 2.97. The lowest BCUT2D eigenvalue weighted by molar-refractivity contribution is -0.147. The Morgan fingerprint density at radius 1 is 1.20 bits per heavy atom. The highest BCUT2D eigenvalue weighted by Crippen LogP contribution is 2.30. The molecule has 1 saturated carbocycles. The van der Waals surface area contributed by atoms with Gasteiger partial charge in [0.25, 0.3) is 0 Å². The van der Waals surface area contributed by atoms with Crippen LogP contribution in [0.4, 0.5) is 0 Å². The standard InChI is InChI=1S/C18H29N3O4/c1-3-16(23)20(4-2)14-15(22)19-18(8-6-5-7-9-18)17(24)21-10-12-25-13-11-21/h3H,1,4-14H2,2H3,(H,19,22). The van der Waals surface area contributed by atoms with Gasteiger partial charge in [-0.25, -0.2) is 0 Å². The van der Waals surface area contributed by atoms with E-state index in [0.717, 1.165) is 19.3 Å². The fraction of sp³-hybridized carbons (Fsp3) is 0.722. The second-order valence-electron chi connectivity index (χ2n) is 6.65. The van der Waals surface area contributed by atoms with Gasteiger partial charge in [0.15, 0.2) is 0 Å². The summed E-state index contributed by atoms with van der Waals surface area (Å²) < 4.78 is 5.32. The first kappa shape index (κ1) is 19.4. The minimum Gasteiger partial charge on any atom is -0.378 e. The van der Waals surface area contributed by atoms with E-state index in [1.807, 2.05) is 6.92 Å². The Bertz CT molecular complexity index is 508. The monoisotopic (exact) mass is 351 g/mol. The molecule has 1 aliphatic heterocycles. The first-order valence-corrected chi connectivity index (χ1v) is 9.12. The molecule has 0 aromatic rings. The zero-order chi connectivity index (χ0) is 18.3. The molecule has 140 valence electrons. The Labute approximate surface area is 149 Å². The van der Waals surface area contributed by atoms with Crippen LogP contribution in [0.5, 0.6) is 0 Å². The van der Waals surface area contributed by atoms with E-state index in [9.17, 15) is 14.4 Å². The highest BCUT2D eigenvalue weighted by atomic mass is 16.5. The molecular formula is C18H29N3O4.